The number of allylic oxidation sites excluding steroid dienone is 1. The van der Waals surface area contributed by atoms with Crippen molar-refractivity contribution in [1.82, 2.24) is 5.32 Å². The Labute approximate surface area is 115 Å². The fourth-order valence-corrected chi connectivity index (χ4v) is 2.11. The van der Waals surface area contributed by atoms with Gasteiger partial charge in [-0.05, 0) is 37.9 Å². The lowest BCUT2D eigenvalue weighted by atomic mass is 10.0. The molecule has 0 radical (unpaired) electrons. The first kappa shape index (κ1) is 15.1. The van der Waals surface area contributed by atoms with Crippen molar-refractivity contribution in [3.63, 3.8) is 0 Å². The number of halogens is 1. The molecule has 0 aliphatic rings. The Balaban J connectivity index is 2.91. The quantitative estimate of drug-likeness (QED) is 0.707. The summed E-state index contributed by atoms with van der Waals surface area (Å²) < 4.78 is 5.42. The second-order valence-corrected chi connectivity index (χ2v) is 4.70. The number of hydrogen-bond donors (Lipinski definition) is 1. The van der Waals surface area contributed by atoms with Crippen LogP contribution in [-0.2, 0) is 0 Å². The maximum Gasteiger partial charge on any atom is 0.125 e. The van der Waals surface area contributed by atoms with Gasteiger partial charge in [0.1, 0.15) is 5.75 Å². The number of benzene rings is 1. The zero-order valence-electron chi connectivity index (χ0n) is 11.2. The molecule has 1 aromatic carbocycles. The van der Waals surface area contributed by atoms with Gasteiger partial charge in [-0.2, -0.15) is 0 Å². The van der Waals surface area contributed by atoms with Crippen LogP contribution >= 0.6 is 11.6 Å². The zero-order chi connectivity index (χ0) is 13.4. The molecule has 1 aromatic rings. The summed E-state index contributed by atoms with van der Waals surface area (Å²) in [4.78, 5) is 0. The first-order valence-corrected chi connectivity index (χ1v) is 6.78. The van der Waals surface area contributed by atoms with E-state index in [9.17, 15) is 0 Å². The number of hydrogen-bond acceptors (Lipinski definition) is 2. The van der Waals surface area contributed by atoms with Gasteiger partial charge in [-0.3, -0.25) is 0 Å². The van der Waals surface area contributed by atoms with Gasteiger partial charge >= 0.3 is 0 Å². The highest BCUT2D eigenvalue weighted by molar-refractivity contribution is 6.30. The standard InChI is InChI=1S/C15H22ClNO/c1-4-6-7-14(17-10-5-2)13-9-8-12(16)11-15(13)18-3/h4,8-9,11,14,17H,1,5-7,10H2,2-3H3. The van der Waals surface area contributed by atoms with Gasteiger partial charge in [-0.1, -0.05) is 30.7 Å². The normalized spacial score (nSPS) is 12.2. The second-order valence-electron chi connectivity index (χ2n) is 4.26. The summed E-state index contributed by atoms with van der Waals surface area (Å²) >= 11 is 5.99. The second kappa shape index (κ2) is 8.17. The summed E-state index contributed by atoms with van der Waals surface area (Å²) in [5, 5.41) is 4.25. The minimum Gasteiger partial charge on any atom is -0.496 e. The Bertz CT molecular complexity index is 379. The molecule has 0 saturated carbocycles. The summed E-state index contributed by atoms with van der Waals surface area (Å²) in [5.41, 5.74) is 1.16. The Morgan fingerprint density at radius 3 is 2.89 bits per heavy atom. The van der Waals surface area contributed by atoms with Gasteiger partial charge in [0.15, 0.2) is 0 Å². The van der Waals surface area contributed by atoms with Crippen LogP contribution in [0.1, 0.15) is 37.8 Å². The molecule has 0 aliphatic heterocycles. The number of nitrogens with one attached hydrogen (secondary N) is 1. The average molecular weight is 268 g/mol. The molecule has 100 valence electrons. The van der Waals surface area contributed by atoms with E-state index >= 15 is 0 Å². The lowest BCUT2D eigenvalue weighted by Crippen LogP contribution is -2.22. The molecule has 0 fully saturated rings. The molecule has 2 nitrogen and oxygen atoms in total. The third kappa shape index (κ3) is 4.35. The van der Waals surface area contributed by atoms with Gasteiger partial charge in [0.25, 0.3) is 0 Å². The molecular formula is C15H22ClNO. The van der Waals surface area contributed by atoms with Crippen molar-refractivity contribution < 1.29 is 4.74 Å². The van der Waals surface area contributed by atoms with Gasteiger partial charge in [0.05, 0.1) is 7.11 Å². The third-order valence-electron chi connectivity index (χ3n) is 2.87. The van der Waals surface area contributed by atoms with E-state index in [0.717, 1.165) is 37.1 Å². The lowest BCUT2D eigenvalue weighted by molar-refractivity contribution is 0.395. The van der Waals surface area contributed by atoms with Crippen LogP contribution in [0.5, 0.6) is 5.75 Å². The molecule has 0 bridgehead atoms. The maximum absolute atomic E-state index is 5.99. The minimum absolute atomic E-state index is 0.287. The molecule has 1 N–H and O–H groups in total. The highest BCUT2D eigenvalue weighted by atomic mass is 35.5. The van der Waals surface area contributed by atoms with Crippen LogP contribution in [0, 0.1) is 0 Å². The fourth-order valence-electron chi connectivity index (χ4n) is 1.94. The third-order valence-corrected chi connectivity index (χ3v) is 3.11. The van der Waals surface area contributed by atoms with Crippen LogP contribution in [-0.4, -0.2) is 13.7 Å². The van der Waals surface area contributed by atoms with E-state index in [0.29, 0.717) is 5.02 Å². The van der Waals surface area contributed by atoms with Crippen molar-refractivity contribution in [2.75, 3.05) is 13.7 Å². The van der Waals surface area contributed by atoms with Crippen molar-refractivity contribution in [2.24, 2.45) is 0 Å². The Morgan fingerprint density at radius 2 is 2.28 bits per heavy atom. The molecule has 0 spiro atoms. The molecule has 0 amide bonds. The Kier molecular flexibility index (Phi) is 6.84. The summed E-state index contributed by atoms with van der Waals surface area (Å²) in [6.45, 7) is 6.94. The molecule has 0 aliphatic carbocycles. The summed E-state index contributed by atoms with van der Waals surface area (Å²) in [6.07, 6.45) is 5.05. The van der Waals surface area contributed by atoms with Crippen LogP contribution in [0.2, 0.25) is 5.02 Å². The van der Waals surface area contributed by atoms with E-state index < -0.39 is 0 Å². The van der Waals surface area contributed by atoms with Crippen molar-refractivity contribution in [2.45, 2.75) is 32.2 Å². The summed E-state index contributed by atoms with van der Waals surface area (Å²) in [6, 6.07) is 6.10. The molecule has 3 heteroatoms. The topological polar surface area (TPSA) is 21.3 Å². The highest BCUT2D eigenvalue weighted by Gasteiger charge is 2.15. The summed E-state index contributed by atoms with van der Waals surface area (Å²) in [7, 11) is 1.68. The van der Waals surface area contributed by atoms with Crippen LogP contribution in [0.3, 0.4) is 0 Å². The van der Waals surface area contributed by atoms with Crippen molar-refractivity contribution in [3.05, 3.63) is 41.4 Å². The van der Waals surface area contributed by atoms with Crippen LogP contribution in [0.4, 0.5) is 0 Å². The van der Waals surface area contributed by atoms with Gasteiger partial charge in [0, 0.05) is 16.6 Å². The first-order valence-electron chi connectivity index (χ1n) is 6.40. The molecule has 0 saturated heterocycles. The smallest absolute Gasteiger partial charge is 0.125 e. The minimum atomic E-state index is 0.287. The van der Waals surface area contributed by atoms with Gasteiger partial charge in [-0.25, -0.2) is 0 Å². The maximum atomic E-state index is 5.99. The van der Waals surface area contributed by atoms with E-state index in [1.165, 1.54) is 0 Å². The Morgan fingerprint density at radius 1 is 1.50 bits per heavy atom. The van der Waals surface area contributed by atoms with Gasteiger partial charge in [0.2, 0.25) is 0 Å². The van der Waals surface area contributed by atoms with Crippen molar-refractivity contribution in [3.8, 4) is 5.75 Å². The molecule has 18 heavy (non-hydrogen) atoms. The number of ether oxygens (including phenoxy) is 1. The van der Waals surface area contributed by atoms with Crippen molar-refractivity contribution in [1.29, 1.82) is 0 Å². The SMILES string of the molecule is C=CCCC(NCCC)c1ccc(Cl)cc1OC. The monoisotopic (exact) mass is 267 g/mol. The molecule has 1 rings (SSSR count). The van der Waals surface area contributed by atoms with Crippen LogP contribution in [0.15, 0.2) is 30.9 Å². The molecule has 0 aromatic heterocycles. The first-order chi connectivity index (χ1) is 8.72. The van der Waals surface area contributed by atoms with E-state index in [2.05, 4.69) is 18.8 Å². The number of methoxy groups -OCH3 is 1. The average Bonchev–Trinajstić information content (AvgIpc) is 2.39. The molecule has 1 atom stereocenters. The largest absolute Gasteiger partial charge is 0.496 e. The predicted molar refractivity (Wildman–Crippen MR) is 78.5 cm³/mol. The number of rotatable bonds is 8. The zero-order valence-corrected chi connectivity index (χ0v) is 12.0. The van der Waals surface area contributed by atoms with Crippen LogP contribution < -0.4 is 10.1 Å². The van der Waals surface area contributed by atoms with Gasteiger partial charge in [-0.15, -0.1) is 6.58 Å². The Hall–Kier alpha value is -0.990. The van der Waals surface area contributed by atoms with E-state index in [1.54, 1.807) is 7.11 Å². The summed E-state index contributed by atoms with van der Waals surface area (Å²) in [5.74, 6) is 0.847. The highest BCUT2D eigenvalue weighted by Crippen LogP contribution is 2.30. The van der Waals surface area contributed by atoms with Crippen molar-refractivity contribution >= 4 is 11.6 Å². The van der Waals surface area contributed by atoms with E-state index in [-0.39, 0.29) is 6.04 Å². The predicted octanol–water partition coefficient (Wildman–Crippen LogP) is 4.36. The van der Waals surface area contributed by atoms with E-state index in [4.69, 9.17) is 16.3 Å². The molecular weight excluding hydrogens is 246 g/mol. The fraction of sp³-hybridized carbons (Fsp3) is 0.467. The lowest BCUT2D eigenvalue weighted by Gasteiger charge is -2.21. The molecule has 1 unspecified atom stereocenters. The van der Waals surface area contributed by atoms with Gasteiger partial charge < -0.3 is 10.1 Å². The van der Waals surface area contributed by atoms with E-state index in [1.807, 2.05) is 24.3 Å². The molecule has 0 heterocycles. The van der Waals surface area contributed by atoms with Crippen LogP contribution in [0.25, 0.3) is 0 Å².